The predicted molar refractivity (Wildman–Crippen MR) is 87.7 cm³/mol. The van der Waals surface area contributed by atoms with Crippen LogP contribution in [0.5, 0.6) is 0 Å². The number of H-pyrrole nitrogens is 1. The van der Waals surface area contributed by atoms with Gasteiger partial charge in [0.1, 0.15) is 12.0 Å². The van der Waals surface area contributed by atoms with E-state index in [4.69, 9.17) is 0 Å². The molecule has 3 aromatic heterocycles. The monoisotopic (exact) mass is 322 g/mol. The largest absolute Gasteiger partial charge is 0.393 e. The van der Waals surface area contributed by atoms with Crippen molar-refractivity contribution in [3.8, 4) is 17.3 Å². The fourth-order valence-corrected chi connectivity index (χ4v) is 3.65. The topological polar surface area (TPSA) is 103 Å². The number of aromatic nitrogens is 5. The van der Waals surface area contributed by atoms with Crippen LogP contribution in [0.15, 0.2) is 31.0 Å². The summed E-state index contributed by atoms with van der Waals surface area (Å²) < 4.78 is 1.86. The SMILES string of the molecule is N#CC[C@@H](C1CCC(O)C1)n1cc(-c2ncnc3[nH]ccc23)cn1. The molecule has 3 atom stereocenters. The Hall–Kier alpha value is -2.72. The highest BCUT2D eigenvalue weighted by molar-refractivity contribution is 5.89. The van der Waals surface area contributed by atoms with E-state index >= 15 is 0 Å². The number of nitriles is 1. The van der Waals surface area contributed by atoms with Crippen molar-refractivity contribution in [2.24, 2.45) is 5.92 Å². The molecule has 1 aliphatic rings. The first kappa shape index (κ1) is 14.8. The normalized spacial score (nSPS) is 21.8. The van der Waals surface area contributed by atoms with Crippen molar-refractivity contribution in [2.75, 3.05) is 0 Å². The number of nitrogens with one attached hydrogen (secondary N) is 1. The summed E-state index contributed by atoms with van der Waals surface area (Å²) >= 11 is 0. The molecule has 0 aromatic carbocycles. The molecular formula is C17H18N6O. The zero-order valence-corrected chi connectivity index (χ0v) is 13.1. The Morgan fingerprint density at radius 3 is 3.12 bits per heavy atom. The minimum atomic E-state index is -0.257. The van der Waals surface area contributed by atoms with Gasteiger partial charge in [0, 0.05) is 23.3 Å². The first-order valence-corrected chi connectivity index (χ1v) is 8.14. The third-order valence-electron chi connectivity index (χ3n) is 4.86. The lowest BCUT2D eigenvalue weighted by molar-refractivity contribution is 0.170. The molecule has 4 rings (SSSR count). The minimum Gasteiger partial charge on any atom is -0.393 e. The van der Waals surface area contributed by atoms with Crippen molar-refractivity contribution in [1.29, 1.82) is 5.26 Å². The van der Waals surface area contributed by atoms with Gasteiger partial charge < -0.3 is 10.1 Å². The zero-order chi connectivity index (χ0) is 16.5. The first-order valence-electron chi connectivity index (χ1n) is 8.14. The molecule has 0 saturated heterocycles. The molecule has 1 fully saturated rings. The maximum absolute atomic E-state index is 9.81. The van der Waals surface area contributed by atoms with Crippen LogP contribution in [0, 0.1) is 17.2 Å². The first-order chi connectivity index (χ1) is 11.8. The van der Waals surface area contributed by atoms with Gasteiger partial charge in [-0.15, -0.1) is 0 Å². The maximum atomic E-state index is 9.81. The van der Waals surface area contributed by atoms with Crippen molar-refractivity contribution in [2.45, 2.75) is 37.8 Å². The van der Waals surface area contributed by atoms with Gasteiger partial charge in [0.25, 0.3) is 0 Å². The Morgan fingerprint density at radius 1 is 1.42 bits per heavy atom. The van der Waals surface area contributed by atoms with E-state index in [1.165, 1.54) is 6.33 Å². The van der Waals surface area contributed by atoms with E-state index in [9.17, 15) is 10.4 Å². The van der Waals surface area contributed by atoms with E-state index in [2.05, 4.69) is 26.1 Å². The standard InChI is InChI=1S/C17H18N6O/c18-5-3-15(11-1-2-13(24)7-11)23-9-12(8-22-23)16-14-4-6-19-17(14)21-10-20-16/h4,6,8-11,13,15,24H,1-3,7H2,(H,19,20,21)/t11?,13?,15-/m0/s1. The highest BCUT2D eigenvalue weighted by Gasteiger charge is 2.31. The summed E-state index contributed by atoms with van der Waals surface area (Å²) in [7, 11) is 0. The quantitative estimate of drug-likeness (QED) is 0.768. The van der Waals surface area contributed by atoms with Crippen LogP contribution in [0.4, 0.5) is 0 Å². The summed E-state index contributed by atoms with van der Waals surface area (Å²) in [5, 5.41) is 24.4. The summed E-state index contributed by atoms with van der Waals surface area (Å²) in [5.41, 5.74) is 2.53. The third-order valence-corrected chi connectivity index (χ3v) is 4.86. The number of rotatable bonds is 4. The van der Waals surface area contributed by atoms with Crippen LogP contribution < -0.4 is 0 Å². The van der Waals surface area contributed by atoms with Gasteiger partial charge in [0.05, 0.1) is 36.5 Å². The van der Waals surface area contributed by atoms with E-state index in [0.717, 1.165) is 41.6 Å². The summed E-state index contributed by atoms with van der Waals surface area (Å²) in [6, 6.07) is 4.20. The lowest BCUT2D eigenvalue weighted by Crippen LogP contribution is -2.18. The van der Waals surface area contributed by atoms with Crippen LogP contribution in [0.2, 0.25) is 0 Å². The van der Waals surface area contributed by atoms with E-state index in [1.54, 1.807) is 6.20 Å². The van der Waals surface area contributed by atoms with Crippen molar-refractivity contribution in [3.05, 3.63) is 31.0 Å². The average Bonchev–Trinajstić information content (AvgIpc) is 3.32. The molecule has 24 heavy (non-hydrogen) atoms. The van der Waals surface area contributed by atoms with Gasteiger partial charge in [-0.05, 0) is 31.2 Å². The van der Waals surface area contributed by atoms with E-state index in [-0.39, 0.29) is 18.1 Å². The fraction of sp³-hybridized carbons (Fsp3) is 0.412. The lowest BCUT2D eigenvalue weighted by atomic mass is 9.96. The molecule has 2 N–H and O–H groups in total. The van der Waals surface area contributed by atoms with Gasteiger partial charge in [-0.3, -0.25) is 4.68 Å². The lowest BCUT2D eigenvalue weighted by Gasteiger charge is -2.21. The maximum Gasteiger partial charge on any atom is 0.141 e. The zero-order valence-electron chi connectivity index (χ0n) is 13.1. The molecule has 0 spiro atoms. The van der Waals surface area contributed by atoms with Crippen molar-refractivity contribution in [3.63, 3.8) is 0 Å². The molecular weight excluding hydrogens is 304 g/mol. The number of fused-ring (bicyclic) bond motifs is 1. The van der Waals surface area contributed by atoms with Gasteiger partial charge in [-0.25, -0.2) is 9.97 Å². The van der Waals surface area contributed by atoms with Crippen molar-refractivity contribution >= 4 is 11.0 Å². The van der Waals surface area contributed by atoms with E-state index in [0.29, 0.717) is 6.42 Å². The van der Waals surface area contributed by atoms with Gasteiger partial charge >= 0.3 is 0 Å². The van der Waals surface area contributed by atoms with E-state index in [1.807, 2.05) is 23.1 Å². The van der Waals surface area contributed by atoms with Crippen LogP contribution in [-0.2, 0) is 0 Å². The third kappa shape index (κ3) is 2.55. The van der Waals surface area contributed by atoms with Crippen LogP contribution in [0.1, 0.15) is 31.7 Å². The van der Waals surface area contributed by atoms with Crippen LogP contribution >= 0.6 is 0 Å². The predicted octanol–water partition coefficient (Wildman–Crippen LogP) is 2.44. The Labute approximate surface area is 139 Å². The molecule has 0 aliphatic heterocycles. The van der Waals surface area contributed by atoms with Crippen molar-refractivity contribution in [1.82, 2.24) is 24.7 Å². The number of aromatic amines is 1. The summed E-state index contributed by atoms with van der Waals surface area (Å²) in [4.78, 5) is 11.7. The second-order valence-electron chi connectivity index (χ2n) is 6.33. The number of aliphatic hydroxyl groups excluding tert-OH is 1. The van der Waals surface area contributed by atoms with Crippen molar-refractivity contribution < 1.29 is 5.11 Å². The number of hydrogen-bond donors (Lipinski definition) is 2. The van der Waals surface area contributed by atoms with Gasteiger partial charge in [0.2, 0.25) is 0 Å². The average molecular weight is 322 g/mol. The molecule has 0 radical (unpaired) electrons. The molecule has 3 heterocycles. The number of nitrogens with zero attached hydrogens (tertiary/aromatic N) is 5. The van der Waals surface area contributed by atoms with Gasteiger partial charge in [0.15, 0.2) is 0 Å². The van der Waals surface area contributed by atoms with Gasteiger partial charge in [-0.2, -0.15) is 10.4 Å². The smallest absolute Gasteiger partial charge is 0.141 e. The fourth-order valence-electron chi connectivity index (χ4n) is 3.65. The molecule has 7 heteroatoms. The highest BCUT2D eigenvalue weighted by Crippen LogP contribution is 2.36. The second-order valence-corrected chi connectivity index (χ2v) is 6.33. The molecule has 7 nitrogen and oxygen atoms in total. The molecule has 122 valence electrons. The molecule has 2 unspecified atom stereocenters. The molecule has 3 aromatic rings. The Kier molecular flexibility index (Phi) is 3.75. The molecule has 1 saturated carbocycles. The molecule has 0 bridgehead atoms. The molecule has 0 amide bonds. The number of aliphatic hydroxyl groups is 1. The Balaban J connectivity index is 1.68. The molecule has 1 aliphatic carbocycles. The Morgan fingerprint density at radius 2 is 2.33 bits per heavy atom. The van der Waals surface area contributed by atoms with Crippen LogP contribution in [0.3, 0.4) is 0 Å². The van der Waals surface area contributed by atoms with E-state index < -0.39 is 0 Å². The summed E-state index contributed by atoms with van der Waals surface area (Å²) in [5.74, 6) is 0.282. The van der Waals surface area contributed by atoms with Gasteiger partial charge in [-0.1, -0.05) is 0 Å². The second kappa shape index (κ2) is 6.06. The van der Waals surface area contributed by atoms with Crippen LogP contribution in [0.25, 0.3) is 22.3 Å². The minimum absolute atomic E-state index is 0.00977. The Bertz CT molecular complexity index is 892. The highest BCUT2D eigenvalue weighted by atomic mass is 16.3. The van der Waals surface area contributed by atoms with Crippen LogP contribution in [-0.4, -0.2) is 35.9 Å². The summed E-state index contributed by atoms with van der Waals surface area (Å²) in [6.45, 7) is 0. The number of hydrogen-bond acceptors (Lipinski definition) is 5. The summed E-state index contributed by atoms with van der Waals surface area (Å²) in [6.07, 6.45) is 9.70.